The molecule has 32 heavy (non-hydrogen) atoms. The quantitative estimate of drug-likeness (QED) is 0.359. The Morgan fingerprint density at radius 3 is 2.66 bits per heavy atom. The molecule has 4 N–H and O–H groups in total. The van der Waals surface area contributed by atoms with Crippen molar-refractivity contribution in [1.82, 2.24) is 9.38 Å². The molecule has 0 aliphatic rings. The lowest BCUT2D eigenvalue weighted by Crippen LogP contribution is -2.11. The van der Waals surface area contributed by atoms with E-state index in [1.54, 1.807) is 47.0 Å². The summed E-state index contributed by atoms with van der Waals surface area (Å²) >= 11 is 6.19. The number of nitrogens with zero attached hydrogens (tertiary/aromatic N) is 2. The number of rotatable bonds is 3. The average molecular weight is 448 g/mol. The summed E-state index contributed by atoms with van der Waals surface area (Å²) in [5.74, 6) is -1.40. The third-order valence-corrected chi connectivity index (χ3v) is 5.36. The summed E-state index contributed by atoms with van der Waals surface area (Å²) in [6, 6.07) is 14.1. The van der Waals surface area contributed by atoms with Crippen LogP contribution in [0.1, 0.15) is 10.4 Å². The lowest BCUT2D eigenvalue weighted by Gasteiger charge is -2.10. The molecule has 0 atom stereocenters. The van der Waals surface area contributed by atoms with Crippen LogP contribution >= 0.6 is 11.6 Å². The molecular weight excluding hydrogens is 434 g/mol. The highest BCUT2D eigenvalue weighted by atomic mass is 35.5. The number of aromatic hydroxyl groups is 2. The summed E-state index contributed by atoms with van der Waals surface area (Å²) in [6.07, 6.45) is 1.55. The normalized spacial score (nSPS) is 11.3. The van der Waals surface area contributed by atoms with Crippen LogP contribution in [0.15, 0.2) is 70.0 Å². The Kier molecular flexibility index (Phi) is 4.38. The molecule has 0 unspecified atom stereocenters. The largest absolute Gasteiger partial charge is 0.507 e. The summed E-state index contributed by atoms with van der Waals surface area (Å²) in [5, 5.41) is 21.7. The van der Waals surface area contributed by atoms with E-state index in [1.165, 1.54) is 18.2 Å². The molecule has 1 amide bonds. The summed E-state index contributed by atoms with van der Waals surface area (Å²) in [6.45, 7) is 0. The molecule has 0 saturated carbocycles. The predicted molar refractivity (Wildman–Crippen MR) is 119 cm³/mol. The van der Waals surface area contributed by atoms with Gasteiger partial charge >= 0.3 is 5.63 Å². The van der Waals surface area contributed by atoms with Crippen molar-refractivity contribution in [3.63, 3.8) is 0 Å². The minimum absolute atomic E-state index is 0.113. The van der Waals surface area contributed by atoms with E-state index in [-0.39, 0.29) is 39.6 Å². The van der Waals surface area contributed by atoms with E-state index in [0.29, 0.717) is 21.6 Å². The summed E-state index contributed by atoms with van der Waals surface area (Å²) in [7, 11) is 0. The third kappa shape index (κ3) is 2.97. The fourth-order valence-electron chi connectivity index (χ4n) is 3.68. The van der Waals surface area contributed by atoms with Crippen molar-refractivity contribution in [3.05, 3.63) is 81.8 Å². The molecule has 5 rings (SSSR count). The molecule has 0 bridgehead atoms. The van der Waals surface area contributed by atoms with E-state index < -0.39 is 11.5 Å². The van der Waals surface area contributed by atoms with Crippen LogP contribution in [0.4, 0.5) is 0 Å². The SMILES string of the molecule is NC(=O)c1cc(-c2nc3ccc(Cl)cn3c2-c2c(O)c3ccccc3oc2=O)ccc1O. The highest BCUT2D eigenvalue weighted by Gasteiger charge is 2.25. The molecule has 0 fully saturated rings. The first-order valence-corrected chi connectivity index (χ1v) is 9.79. The van der Waals surface area contributed by atoms with Gasteiger partial charge in [0.25, 0.3) is 5.91 Å². The first-order chi connectivity index (χ1) is 15.3. The smallest absolute Gasteiger partial charge is 0.349 e. The van der Waals surface area contributed by atoms with Crippen molar-refractivity contribution in [3.8, 4) is 34.0 Å². The molecule has 8 nitrogen and oxygen atoms in total. The maximum absolute atomic E-state index is 13.0. The monoisotopic (exact) mass is 447 g/mol. The van der Waals surface area contributed by atoms with Crippen molar-refractivity contribution in [2.24, 2.45) is 5.73 Å². The number of carbonyl (C=O) groups is 1. The van der Waals surface area contributed by atoms with E-state index in [0.717, 1.165) is 0 Å². The number of imidazole rings is 1. The van der Waals surface area contributed by atoms with Crippen LogP contribution in [-0.2, 0) is 0 Å². The van der Waals surface area contributed by atoms with Crippen LogP contribution in [0, 0.1) is 0 Å². The number of benzene rings is 2. The van der Waals surface area contributed by atoms with Gasteiger partial charge in [0.1, 0.15) is 28.3 Å². The molecular formula is C23H14ClN3O5. The minimum Gasteiger partial charge on any atom is -0.507 e. The van der Waals surface area contributed by atoms with E-state index >= 15 is 0 Å². The van der Waals surface area contributed by atoms with Crippen LogP contribution in [0.3, 0.4) is 0 Å². The Morgan fingerprint density at radius 2 is 1.88 bits per heavy atom. The number of para-hydroxylation sites is 1. The fourth-order valence-corrected chi connectivity index (χ4v) is 3.84. The number of amides is 1. The predicted octanol–water partition coefficient (Wildman–Crippen LogP) is 3.94. The summed E-state index contributed by atoms with van der Waals surface area (Å²) in [4.78, 5) is 29.3. The molecule has 158 valence electrons. The van der Waals surface area contributed by atoms with Gasteiger partial charge < -0.3 is 20.4 Å². The molecule has 5 aromatic rings. The first kappa shape index (κ1) is 19.7. The average Bonchev–Trinajstić information content (AvgIpc) is 3.12. The zero-order valence-electron chi connectivity index (χ0n) is 16.2. The molecule has 9 heteroatoms. The zero-order chi connectivity index (χ0) is 22.6. The molecule has 0 aliphatic carbocycles. The molecule has 3 aromatic heterocycles. The maximum Gasteiger partial charge on any atom is 0.349 e. The number of hydrogen-bond donors (Lipinski definition) is 3. The number of aromatic nitrogens is 2. The van der Waals surface area contributed by atoms with Crippen molar-refractivity contribution >= 4 is 34.1 Å². The van der Waals surface area contributed by atoms with E-state index in [4.69, 9.17) is 21.8 Å². The molecule has 0 spiro atoms. The van der Waals surface area contributed by atoms with Crippen LogP contribution < -0.4 is 11.4 Å². The number of primary amides is 1. The van der Waals surface area contributed by atoms with Crippen molar-refractivity contribution in [1.29, 1.82) is 0 Å². The molecule has 0 saturated heterocycles. The fraction of sp³-hybridized carbons (Fsp3) is 0. The zero-order valence-corrected chi connectivity index (χ0v) is 17.0. The second kappa shape index (κ2) is 7.14. The van der Waals surface area contributed by atoms with Crippen molar-refractivity contribution < 1.29 is 19.4 Å². The van der Waals surface area contributed by atoms with Gasteiger partial charge in [-0.15, -0.1) is 0 Å². The lowest BCUT2D eigenvalue weighted by atomic mass is 10.0. The Bertz CT molecular complexity index is 1620. The summed E-state index contributed by atoms with van der Waals surface area (Å²) in [5.41, 5.74) is 5.87. The first-order valence-electron chi connectivity index (χ1n) is 9.41. The van der Waals surface area contributed by atoms with Crippen LogP contribution in [0.2, 0.25) is 5.02 Å². The molecule has 0 aliphatic heterocycles. The van der Waals surface area contributed by atoms with Gasteiger partial charge in [-0.25, -0.2) is 9.78 Å². The Balaban J connectivity index is 1.92. The number of halogens is 1. The number of nitrogens with two attached hydrogens (primary N) is 1. The van der Waals surface area contributed by atoms with E-state index in [9.17, 15) is 19.8 Å². The van der Waals surface area contributed by atoms with Crippen molar-refractivity contribution in [2.75, 3.05) is 0 Å². The molecule has 3 heterocycles. The topological polar surface area (TPSA) is 131 Å². The molecule has 0 radical (unpaired) electrons. The number of hydrogen-bond acceptors (Lipinski definition) is 6. The summed E-state index contributed by atoms with van der Waals surface area (Å²) < 4.78 is 7.00. The van der Waals surface area contributed by atoms with Crippen molar-refractivity contribution in [2.45, 2.75) is 0 Å². The Labute approximate surface area is 184 Å². The third-order valence-electron chi connectivity index (χ3n) is 5.14. The number of fused-ring (bicyclic) bond motifs is 2. The van der Waals surface area contributed by atoms with Crippen LogP contribution in [-0.4, -0.2) is 25.5 Å². The second-order valence-corrected chi connectivity index (χ2v) is 7.53. The minimum atomic E-state index is -0.828. The second-order valence-electron chi connectivity index (χ2n) is 7.09. The van der Waals surface area contributed by atoms with E-state index in [1.807, 2.05) is 0 Å². The number of phenols is 1. The highest BCUT2D eigenvalue weighted by Crippen LogP contribution is 2.39. The lowest BCUT2D eigenvalue weighted by molar-refractivity contribution is 0.0998. The van der Waals surface area contributed by atoms with Gasteiger partial charge in [-0.3, -0.25) is 9.20 Å². The highest BCUT2D eigenvalue weighted by molar-refractivity contribution is 6.30. The van der Waals surface area contributed by atoms with Gasteiger partial charge in [0.05, 0.1) is 27.4 Å². The van der Waals surface area contributed by atoms with Gasteiger partial charge in [0, 0.05) is 11.8 Å². The van der Waals surface area contributed by atoms with Gasteiger partial charge in [0.15, 0.2) is 0 Å². The number of pyridine rings is 1. The Morgan fingerprint density at radius 1 is 1.09 bits per heavy atom. The Hall–Kier alpha value is -4.30. The van der Waals surface area contributed by atoms with Crippen LogP contribution in [0.25, 0.3) is 39.1 Å². The van der Waals surface area contributed by atoms with Gasteiger partial charge in [-0.05, 0) is 42.5 Å². The number of carbonyl (C=O) groups excluding carboxylic acids is 1. The van der Waals surface area contributed by atoms with Gasteiger partial charge in [0.2, 0.25) is 0 Å². The van der Waals surface area contributed by atoms with Gasteiger partial charge in [-0.1, -0.05) is 23.7 Å². The standard InChI is InChI=1S/C23H14ClN3O5/c24-12-6-8-17-26-19(11-5-7-15(28)14(9-11)22(25)30)20(27(17)10-12)18-21(29)13-3-1-2-4-16(13)32-23(18)31/h1-10,28-29H,(H2,25,30). The van der Waals surface area contributed by atoms with E-state index in [2.05, 4.69) is 4.98 Å². The molecule has 2 aromatic carbocycles. The van der Waals surface area contributed by atoms with Crippen LogP contribution in [0.5, 0.6) is 11.5 Å². The maximum atomic E-state index is 13.0. The van der Waals surface area contributed by atoms with Gasteiger partial charge in [-0.2, -0.15) is 0 Å².